The van der Waals surface area contributed by atoms with Crippen molar-refractivity contribution in [3.05, 3.63) is 48.4 Å². The molecular weight excluding hydrogens is 354 g/mol. The summed E-state index contributed by atoms with van der Waals surface area (Å²) < 4.78 is 28.4. The second-order valence-corrected chi connectivity index (χ2v) is 8.15. The number of imidazole rings is 1. The lowest BCUT2D eigenvalue weighted by Crippen LogP contribution is -2.42. The molecule has 2 aromatic rings. The first-order chi connectivity index (χ1) is 12.5. The molecule has 1 aromatic heterocycles. The molecule has 1 aromatic carbocycles. The highest BCUT2D eigenvalue weighted by atomic mass is 32.2. The predicted octanol–water partition coefficient (Wildman–Crippen LogP) is 1.03. The van der Waals surface area contributed by atoms with Crippen molar-refractivity contribution in [2.45, 2.75) is 18.0 Å². The third kappa shape index (κ3) is 4.23. The molecule has 2 heterocycles. The van der Waals surface area contributed by atoms with Gasteiger partial charge in [-0.3, -0.25) is 0 Å². The van der Waals surface area contributed by atoms with Crippen LogP contribution >= 0.6 is 0 Å². The van der Waals surface area contributed by atoms with Gasteiger partial charge in [-0.1, -0.05) is 30.3 Å². The highest BCUT2D eigenvalue weighted by Gasteiger charge is 2.29. The zero-order chi connectivity index (χ0) is 18.6. The Bertz CT molecular complexity index is 850. The molecule has 2 amide bonds. The van der Waals surface area contributed by atoms with Gasteiger partial charge >= 0.3 is 6.03 Å². The van der Waals surface area contributed by atoms with Gasteiger partial charge in [0.1, 0.15) is 0 Å². The molecule has 26 heavy (non-hydrogen) atoms. The van der Waals surface area contributed by atoms with Crippen molar-refractivity contribution >= 4 is 16.1 Å². The Labute approximate surface area is 153 Å². The maximum Gasteiger partial charge on any atom is 0.317 e. The minimum atomic E-state index is -3.63. The molecule has 1 aliphatic rings. The minimum Gasteiger partial charge on any atom is -0.339 e. The van der Waals surface area contributed by atoms with E-state index in [1.165, 1.54) is 16.8 Å². The van der Waals surface area contributed by atoms with Crippen molar-refractivity contribution in [3.63, 3.8) is 0 Å². The number of aryl methyl sites for hydroxylation is 1. The quantitative estimate of drug-likeness (QED) is 0.862. The van der Waals surface area contributed by atoms with E-state index in [1.54, 1.807) is 16.5 Å². The van der Waals surface area contributed by atoms with Gasteiger partial charge < -0.3 is 14.8 Å². The number of benzene rings is 1. The summed E-state index contributed by atoms with van der Waals surface area (Å²) in [6, 6.07) is 9.50. The van der Waals surface area contributed by atoms with Gasteiger partial charge in [-0.05, 0) is 12.0 Å². The molecule has 0 bridgehead atoms. The van der Waals surface area contributed by atoms with Crippen molar-refractivity contribution in [1.82, 2.24) is 24.1 Å². The summed E-state index contributed by atoms with van der Waals surface area (Å²) in [4.78, 5) is 18.0. The highest BCUT2D eigenvalue weighted by molar-refractivity contribution is 7.89. The van der Waals surface area contributed by atoms with Crippen LogP contribution in [0.1, 0.15) is 12.0 Å². The summed E-state index contributed by atoms with van der Waals surface area (Å²) in [6.07, 6.45) is 3.55. The lowest BCUT2D eigenvalue weighted by molar-refractivity contribution is 0.200. The van der Waals surface area contributed by atoms with Gasteiger partial charge in [0.15, 0.2) is 5.03 Å². The molecule has 0 radical (unpaired) electrons. The van der Waals surface area contributed by atoms with E-state index in [0.717, 1.165) is 5.56 Å². The molecule has 9 heteroatoms. The lowest BCUT2D eigenvalue weighted by Gasteiger charge is -2.21. The fourth-order valence-electron chi connectivity index (χ4n) is 2.88. The molecule has 1 fully saturated rings. The van der Waals surface area contributed by atoms with Crippen molar-refractivity contribution in [1.29, 1.82) is 0 Å². The Morgan fingerprint density at radius 1 is 1.15 bits per heavy atom. The van der Waals surface area contributed by atoms with E-state index in [2.05, 4.69) is 10.3 Å². The van der Waals surface area contributed by atoms with E-state index >= 15 is 0 Å². The average Bonchev–Trinajstić information content (AvgIpc) is 2.93. The predicted molar refractivity (Wildman–Crippen MR) is 96.8 cm³/mol. The van der Waals surface area contributed by atoms with Crippen molar-refractivity contribution in [3.8, 4) is 0 Å². The Balaban J connectivity index is 1.58. The van der Waals surface area contributed by atoms with Crippen molar-refractivity contribution < 1.29 is 13.2 Å². The molecule has 0 saturated carbocycles. The van der Waals surface area contributed by atoms with Gasteiger partial charge in [-0.25, -0.2) is 18.2 Å². The molecular formula is C17H23N5O3S. The number of carbonyl (C=O) groups is 1. The molecule has 140 valence electrons. The largest absolute Gasteiger partial charge is 0.339 e. The second-order valence-electron chi connectivity index (χ2n) is 6.27. The minimum absolute atomic E-state index is 0.0435. The monoisotopic (exact) mass is 377 g/mol. The summed E-state index contributed by atoms with van der Waals surface area (Å²) in [6.45, 7) is 1.96. The zero-order valence-corrected chi connectivity index (χ0v) is 15.5. The third-order valence-electron chi connectivity index (χ3n) is 4.31. The van der Waals surface area contributed by atoms with Crippen molar-refractivity contribution in [2.75, 3.05) is 26.2 Å². The number of aromatic nitrogens is 2. The molecule has 1 saturated heterocycles. The summed E-state index contributed by atoms with van der Waals surface area (Å²) >= 11 is 0. The van der Waals surface area contributed by atoms with Gasteiger partial charge in [0.05, 0.1) is 6.33 Å². The number of carbonyl (C=O) groups excluding carboxylic acids is 1. The lowest BCUT2D eigenvalue weighted by atomic mass is 10.2. The van der Waals surface area contributed by atoms with Crippen molar-refractivity contribution in [2.24, 2.45) is 7.05 Å². The Morgan fingerprint density at radius 2 is 1.92 bits per heavy atom. The van der Waals surface area contributed by atoms with Crippen LogP contribution in [0.3, 0.4) is 0 Å². The smallest absolute Gasteiger partial charge is 0.317 e. The molecule has 3 rings (SSSR count). The van der Waals surface area contributed by atoms with E-state index < -0.39 is 10.0 Å². The van der Waals surface area contributed by atoms with Gasteiger partial charge in [0, 0.05) is 46.0 Å². The summed E-state index contributed by atoms with van der Waals surface area (Å²) in [5.41, 5.74) is 1.02. The van der Waals surface area contributed by atoms with E-state index in [1.807, 2.05) is 30.3 Å². The number of urea groups is 1. The van der Waals surface area contributed by atoms with Gasteiger partial charge in [0.25, 0.3) is 10.0 Å². The Morgan fingerprint density at radius 3 is 2.62 bits per heavy atom. The number of rotatable bonds is 4. The maximum atomic E-state index is 12.7. The molecule has 8 nitrogen and oxygen atoms in total. The maximum absolute atomic E-state index is 12.7. The average molecular weight is 377 g/mol. The second kappa shape index (κ2) is 7.88. The zero-order valence-electron chi connectivity index (χ0n) is 14.7. The standard InChI is InChI=1S/C17H23N5O3S/c1-20-13-16(19-14-20)26(24,25)22-9-5-8-21(10-11-22)17(23)18-12-15-6-3-2-4-7-15/h2-4,6-7,13-14H,5,8-12H2,1H3,(H,18,23). The Hall–Kier alpha value is -2.39. The highest BCUT2D eigenvalue weighted by Crippen LogP contribution is 2.16. The summed E-state index contributed by atoms with van der Waals surface area (Å²) in [5.74, 6) is 0. The summed E-state index contributed by atoms with van der Waals surface area (Å²) in [7, 11) is -1.90. The van der Waals surface area contributed by atoms with Crippen LogP contribution in [-0.4, -0.2) is 59.4 Å². The van der Waals surface area contributed by atoms with Crippen LogP contribution in [0.5, 0.6) is 0 Å². The normalized spacial score (nSPS) is 16.3. The molecule has 1 N–H and O–H groups in total. The van der Waals surface area contributed by atoms with Crippen LogP contribution in [0.4, 0.5) is 4.79 Å². The first-order valence-corrected chi connectivity index (χ1v) is 9.95. The number of sulfonamides is 1. The number of nitrogens with zero attached hydrogens (tertiary/aromatic N) is 4. The van der Waals surface area contributed by atoms with Crippen LogP contribution in [0.15, 0.2) is 47.9 Å². The van der Waals surface area contributed by atoms with Crippen LogP contribution in [0.2, 0.25) is 0 Å². The summed E-state index contributed by atoms with van der Waals surface area (Å²) in [5, 5.41) is 2.93. The van der Waals surface area contributed by atoms with E-state index in [0.29, 0.717) is 32.6 Å². The Kier molecular flexibility index (Phi) is 5.58. The van der Waals surface area contributed by atoms with Gasteiger partial charge in [-0.2, -0.15) is 4.31 Å². The first kappa shape index (κ1) is 18.4. The number of hydrogen-bond donors (Lipinski definition) is 1. The van der Waals surface area contributed by atoms with E-state index in [4.69, 9.17) is 0 Å². The fraction of sp³-hybridized carbons (Fsp3) is 0.412. The van der Waals surface area contributed by atoms with Crippen LogP contribution < -0.4 is 5.32 Å². The number of amides is 2. The van der Waals surface area contributed by atoms with Crippen LogP contribution in [0, 0.1) is 0 Å². The molecule has 0 unspecified atom stereocenters. The number of nitrogens with one attached hydrogen (secondary N) is 1. The van der Waals surface area contributed by atoms with E-state index in [9.17, 15) is 13.2 Å². The van der Waals surface area contributed by atoms with Gasteiger partial charge in [0.2, 0.25) is 0 Å². The molecule has 0 aliphatic carbocycles. The van der Waals surface area contributed by atoms with E-state index in [-0.39, 0.29) is 17.6 Å². The van der Waals surface area contributed by atoms with Crippen LogP contribution in [0.25, 0.3) is 0 Å². The van der Waals surface area contributed by atoms with Gasteiger partial charge in [-0.15, -0.1) is 0 Å². The van der Waals surface area contributed by atoms with Crippen LogP contribution in [-0.2, 0) is 23.6 Å². The third-order valence-corrected chi connectivity index (χ3v) is 6.10. The SMILES string of the molecule is Cn1cnc(S(=O)(=O)N2CCCN(C(=O)NCc3ccccc3)CC2)c1. The fourth-order valence-corrected chi connectivity index (χ4v) is 4.31. The number of hydrogen-bond acceptors (Lipinski definition) is 4. The first-order valence-electron chi connectivity index (χ1n) is 8.51. The molecule has 0 atom stereocenters. The topological polar surface area (TPSA) is 87.5 Å². The molecule has 1 aliphatic heterocycles. The molecule has 0 spiro atoms.